The predicted molar refractivity (Wildman–Crippen MR) is 51.7 cm³/mol. The van der Waals surface area contributed by atoms with Crippen LogP contribution in [0, 0.1) is 0 Å². The zero-order valence-electron chi connectivity index (χ0n) is 8.60. The Kier molecular flexibility index (Phi) is 6.19. The van der Waals surface area contributed by atoms with Crippen LogP contribution < -0.4 is 4.72 Å². The van der Waals surface area contributed by atoms with Gasteiger partial charge in [-0.2, -0.15) is 13.2 Å². The molecule has 0 saturated carbocycles. The molecule has 0 atom stereocenters. The molecular formula is C8H16F3NO2S. The molecule has 0 fully saturated rings. The molecule has 0 radical (unpaired) electrons. The predicted octanol–water partition coefficient (Wildman–Crippen LogP) is 2.40. The molecule has 0 rings (SSSR count). The number of unbranched alkanes of at least 4 members (excludes halogenated alkanes) is 4. The molecule has 0 unspecified atom stereocenters. The molecule has 7 heteroatoms. The summed E-state index contributed by atoms with van der Waals surface area (Å²) in [6.45, 7) is 1.87. The highest BCUT2D eigenvalue weighted by Gasteiger charge is 2.45. The van der Waals surface area contributed by atoms with E-state index in [4.69, 9.17) is 0 Å². The van der Waals surface area contributed by atoms with Crippen LogP contribution in [0.3, 0.4) is 0 Å². The average Bonchev–Trinajstić information content (AvgIpc) is 2.09. The first-order valence-electron chi connectivity index (χ1n) is 4.87. The van der Waals surface area contributed by atoms with E-state index in [9.17, 15) is 21.6 Å². The van der Waals surface area contributed by atoms with Gasteiger partial charge in [-0.05, 0) is 6.42 Å². The van der Waals surface area contributed by atoms with Gasteiger partial charge in [0.1, 0.15) is 0 Å². The van der Waals surface area contributed by atoms with E-state index in [1.54, 1.807) is 0 Å². The second-order valence-electron chi connectivity index (χ2n) is 3.26. The van der Waals surface area contributed by atoms with Gasteiger partial charge in [-0.15, -0.1) is 0 Å². The highest BCUT2D eigenvalue weighted by molar-refractivity contribution is 7.90. The standard InChI is InChI=1S/C8H16F3NO2S/c1-2-3-4-5-6-7-12-15(13,14)8(9,10)11/h12H,2-7H2,1H3. The summed E-state index contributed by atoms with van der Waals surface area (Å²) >= 11 is 0. The number of hydrogen-bond donors (Lipinski definition) is 1. The molecule has 0 amide bonds. The van der Waals surface area contributed by atoms with Crippen molar-refractivity contribution in [2.75, 3.05) is 6.54 Å². The van der Waals surface area contributed by atoms with Gasteiger partial charge in [0.25, 0.3) is 0 Å². The molecule has 0 aromatic rings. The molecule has 15 heavy (non-hydrogen) atoms. The first-order valence-corrected chi connectivity index (χ1v) is 6.35. The average molecular weight is 247 g/mol. The molecule has 0 aromatic carbocycles. The topological polar surface area (TPSA) is 46.2 Å². The van der Waals surface area contributed by atoms with Gasteiger partial charge in [0.15, 0.2) is 0 Å². The van der Waals surface area contributed by atoms with Crippen LogP contribution in [-0.2, 0) is 10.0 Å². The molecule has 3 nitrogen and oxygen atoms in total. The molecule has 1 N–H and O–H groups in total. The summed E-state index contributed by atoms with van der Waals surface area (Å²) in [6.07, 6.45) is 4.16. The first kappa shape index (κ1) is 14.7. The summed E-state index contributed by atoms with van der Waals surface area (Å²) in [7, 11) is -5.14. The fourth-order valence-electron chi connectivity index (χ4n) is 1.02. The lowest BCUT2D eigenvalue weighted by Crippen LogP contribution is -2.36. The monoisotopic (exact) mass is 247 g/mol. The first-order chi connectivity index (χ1) is 6.81. The van der Waals surface area contributed by atoms with Crippen molar-refractivity contribution in [3.8, 4) is 0 Å². The van der Waals surface area contributed by atoms with Gasteiger partial charge in [0, 0.05) is 6.54 Å². The third-order valence-electron chi connectivity index (χ3n) is 1.88. The minimum absolute atomic E-state index is 0.147. The van der Waals surface area contributed by atoms with Crippen molar-refractivity contribution in [3.05, 3.63) is 0 Å². The zero-order valence-corrected chi connectivity index (χ0v) is 9.42. The maximum Gasteiger partial charge on any atom is 0.511 e. The molecule has 0 aromatic heterocycles. The van der Waals surface area contributed by atoms with Crippen molar-refractivity contribution in [1.29, 1.82) is 0 Å². The summed E-state index contributed by atoms with van der Waals surface area (Å²) in [4.78, 5) is 0. The Morgan fingerprint density at radius 3 is 2.07 bits per heavy atom. The second-order valence-corrected chi connectivity index (χ2v) is 5.02. The highest BCUT2D eigenvalue weighted by atomic mass is 32.2. The maximum atomic E-state index is 11.8. The molecule has 0 aliphatic heterocycles. The quantitative estimate of drug-likeness (QED) is 0.702. The van der Waals surface area contributed by atoms with E-state index in [1.807, 2.05) is 6.92 Å². The van der Waals surface area contributed by atoms with Gasteiger partial charge < -0.3 is 0 Å². The van der Waals surface area contributed by atoms with Gasteiger partial charge in [-0.1, -0.05) is 32.6 Å². The van der Waals surface area contributed by atoms with Crippen LogP contribution in [0.1, 0.15) is 39.0 Å². The summed E-state index contributed by atoms with van der Waals surface area (Å²) < 4.78 is 58.0. The summed E-state index contributed by atoms with van der Waals surface area (Å²) in [5.41, 5.74) is -5.20. The second kappa shape index (κ2) is 6.32. The third-order valence-corrected chi connectivity index (χ3v) is 3.07. The summed E-state index contributed by atoms with van der Waals surface area (Å²) in [6, 6.07) is 0. The molecular weight excluding hydrogens is 231 g/mol. The number of sulfonamides is 1. The fraction of sp³-hybridized carbons (Fsp3) is 1.00. The lowest BCUT2D eigenvalue weighted by atomic mass is 10.2. The number of hydrogen-bond acceptors (Lipinski definition) is 2. The van der Waals surface area contributed by atoms with Crippen molar-refractivity contribution in [2.24, 2.45) is 0 Å². The van der Waals surface area contributed by atoms with Crippen molar-refractivity contribution in [3.63, 3.8) is 0 Å². The van der Waals surface area contributed by atoms with Gasteiger partial charge in [0.2, 0.25) is 0 Å². The van der Waals surface area contributed by atoms with Crippen molar-refractivity contribution < 1.29 is 21.6 Å². The largest absolute Gasteiger partial charge is 0.511 e. The van der Waals surface area contributed by atoms with E-state index >= 15 is 0 Å². The number of alkyl halides is 3. The Hall–Kier alpha value is -0.300. The Bertz CT molecular complexity index is 262. The third kappa shape index (κ3) is 5.99. The highest BCUT2D eigenvalue weighted by Crippen LogP contribution is 2.21. The van der Waals surface area contributed by atoms with Crippen LogP contribution in [0.4, 0.5) is 13.2 Å². The van der Waals surface area contributed by atoms with Crippen molar-refractivity contribution in [2.45, 2.75) is 44.5 Å². The Morgan fingerprint density at radius 1 is 1.07 bits per heavy atom. The number of rotatable bonds is 7. The Morgan fingerprint density at radius 2 is 1.60 bits per heavy atom. The zero-order chi connectivity index (χ0) is 11.9. The van der Waals surface area contributed by atoms with Crippen LogP contribution >= 0.6 is 0 Å². The molecule has 0 bridgehead atoms. The lowest BCUT2D eigenvalue weighted by Gasteiger charge is -2.08. The van der Waals surface area contributed by atoms with Crippen LogP contribution in [-0.4, -0.2) is 20.5 Å². The number of nitrogens with one attached hydrogen (secondary N) is 1. The minimum atomic E-state index is -5.20. The Labute approximate surface area is 88.1 Å². The van der Waals surface area contributed by atoms with E-state index in [-0.39, 0.29) is 6.54 Å². The van der Waals surface area contributed by atoms with E-state index in [1.165, 1.54) is 4.72 Å². The smallest absolute Gasteiger partial charge is 0.207 e. The SMILES string of the molecule is CCCCCCCNS(=O)(=O)C(F)(F)F. The van der Waals surface area contributed by atoms with E-state index < -0.39 is 15.5 Å². The van der Waals surface area contributed by atoms with Crippen molar-refractivity contribution >= 4 is 10.0 Å². The maximum absolute atomic E-state index is 11.8. The van der Waals surface area contributed by atoms with Crippen molar-refractivity contribution in [1.82, 2.24) is 4.72 Å². The van der Waals surface area contributed by atoms with E-state index in [0.29, 0.717) is 6.42 Å². The van der Waals surface area contributed by atoms with Crippen LogP contribution in [0.2, 0.25) is 0 Å². The molecule has 0 aliphatic rings. The van der Waals surface area contributed by atoms with Gasteiger partial charge in [-0.3, -0.25) is 0 Å². The van der Waals surface area contributed by atoms with Crippen LogP contribution in [0.15, 0.2) is 0 Å². The summed E-state index contributed by atoms with van der Waals surface area (Å²) in [5.74, 6) is 0. The van der Waals surface area contributed by atoms with E-state index in [0.717, 1.165) is 25.7 Å². The van der Waals surface area contributed by atoms with Gasteiger partial charge >= 0.3 is 15.5 Å². The lowest BCUT2D eigenvalue weighted by molar-refractivity contribution is -0.0447. The van der Waals surface area contributed by atoms with Crippen LogP contribution in [0.25, 0.3) is 0 Å². The van der Waals surface area contributed by atoms with Crippen LogP contribution in [0.5, 0.6) is 0 Å². The molecule has 0 saturated heterocycles. The fourth-order valence-corrected chi connectivity index (χ4v) is 1.59. The Balaban J connectivity index is 3.69. The normalized spacial score (nSPS) is 13.1. The molecule has 0 aliphatic carbocycles. The minimum Gasteiger partial charge on any atom is -0.207 e. The number of halogens is 3. The van der Waals surface area contributed by atoms with Gasteiger partial charge in [-0.25, -0.2) is 13.1 Å². The summed E-state index contributed by atoms with van der Waals surface area (Å²) in [5, 5.41) is 0. The molecule has 0 spiro atoms. The van der Waals surface area contributed by atoms with Gasteiger partial charge in [0.05, 0.1) is 0 Å². The molecule has 0 heterocycles. The molecule has 92 valence electrons. The van der Waals surface area contributed by atoms with E-state index in [2.05, 4.69) is 0 Å².